The highest BCUT2D eigenvalue weighted by atomic mass is 32.1. The number of hydrogen-bond acceptors (Lipinski definition) is 7. The lowest BCUT2D eigenvalue weighted by atomic mass is 9.92. The number of nitrogens with zero attached hydrogens (tertiary/aromatic N) is 4. The topological polar surface area (TPSA) is 61.7 Å². The third-order valence-electron chi connectivity index (χ3n) is 6.40. The summed E-state index contributed by atoms with van der Waals surface area (Å²) in [6, 6.07) is 0. The lowest BCUT2D eigenvalue weighted by Gasteiger charge is -2.37. The summed E-state index contributed by atoms with van der Waals surface area (Å²) < 4.78 is 5.49. The molecule has 0 saturated carbocycles. The molecule has 154 valence electrons. The Morgan fingerprint density at radius 2 is 1.96 bits per heavy atom. The number of fused-ring (bicyclic) bond motifs is 1. The standard InChI is InChI=1S/C21H32N4O2S/c1-15-16(2)28-20-18(15)19(25-8-4-6-21(25,3)7-5-11-26)22-17(23-20)14-24-9-12-27-13-10-24/h26H,4-14H2,1-3H3/t21-/m0/s1. The van der Waals surface area contributed by atoms with Crippen molar-refractivity contribution in [3.05, 3.63) is 16.3 Å². The van der Waals surface area contributed by atoms with Crippen LogP contribution in [0.25, 0.3) is 10.2 Å². The molecule has 0 amide bonds. The highest BCUT2D eigenvalue weighted by Gasteiger charge is 2.38. The molecular weight excluding hydrogens is 372 g/mol. The van der Waals surface area contributed by atoms with Crippen molar-refractivity contribution in [3.63, 3.8) is 0 Å². The zero-order chi connectivity index (χ0) is 19.7. The monoisotopic (exact) mass is 404 g/mol. The summed E-state index contributed by atoms with van der Waals surface area (Å²) in [7, 11) is 0. The van der Waals surface area contributed by atoms with E-state index in [-0.39, 0.29) is 12.1 Å². The van der Waals surface area contributed by atoms with Crippen molar-refractivity contribution in [2.75, 3.05) is 44.4 Å². The average Bonchev–Trinajstić information content (AvgIpc) is 3.20. The molecule has 2 aromatic rings. The van der Waals surface area contributed by atoms with Crippen LogP contribution in [-0.2, 0) is 11.3 Å². The van der Waals surface area contributed by atoms with Gasteiger partial charge in [0.1, 0.15) is 16.5 Å². The van der Waals surface area contributed by atoms with E-state index in [4.69, 9.17) is 14.7 Å². The highest BCUT2D eigenvalue weighted by molar-refractivity contribution is 7.18. The summed E-state index contributed by atoms with van der Waals surface area (Å²) in [5.41, 5.74) is 1.37. The van der Waals surface area contributed by atoms with Crippen LogP contribution >= 0.6 is 11.3 Å². The molecule has 4 rings (SSSR count). The van der Waals surface area contributed by atoms with Crippen LogP contribution in [-0.4, -0.2) is 65.0 Å². The number of aliphatic hydroxyl groups excluding tert-OH is 1. The smallest absolute Gasteiger partial charge is 0.146 e. The van der Waals surface area contributed by atoms with Crippen molar-refractivity contribution < 1.29 is 9.84 Å². The first-order chi connectivity index (χ1) is 13.5. The van der Waals surface area contributed by atoms with Gasteiger partial charge < -0.3 is 14.7 Å². The van der Waals surface area contributed by atoms with Crippen LogP contribution in [0.5, 0.6) is 0 Å². The molecule has 0 spiro atoms. The Morgan fingerprint density at radius 3 is 2.71 bits per heavy atom. The Hall–Kier alpha value is -1.28. The van der Waals surface area contributed by atoms with Gasteiger partial charge in [0.15, 0.2) is 0 Å². The molecule has 0 aliphatic carbocycles. The van der Waals surface area contributed by atoms with Gasteiger partial charge in [0.25, 0.3) is 0 Å². The Balaban J connectivity index is 1.74. The molecule has 6 nitrogen and oxygen atoms in total. The van der Waals surface area contributed by atoms with Crippen LogP contribution in [0.2, 0.25) is 0 Å². The van der Waals surface area contributed by atoms with Gasteiger partial charge in [-0.25, -0.2) is 9.97 Å². The van der Waals surface area contributed by atoms with E-state index in [0.29, 0.717) is 0 Å². The maximum Gasteiger partial charge on any atom is 0.146 e. The van der Waals surface area contributed by atoms with E-state index >= 15 is 0 Å². The molecule has 4 heterocycles. The third kappa shape index (κ3) is 3.77. The van der Waals surface area contributed by atoms with Gasteiger partial charge in [0, 0.05) is 36.7 Å². The van der Waals surface area contributed by atoms with Gasteiger partial charge >= 0.3 is 0 Å². The fourth-order valence-electron chi connectivity index (χ4n) is 4.60. The molecule has 2 aromatic heterocycles. The molecule has 1 atom stereocenters. The molecule has 0 radical (unpaired) electrons. The number of aliphatic hydroxyl groups is 1. The maximum absolute atomic E-state index is 9.39. The Labute approximate surface area is 171 Å². The molecule has 2 saturated heterocycles. The summed E-state index contributed by atoms with van der Waals surface area (Å²) in [4.78, 5) is 17.4. The lowest BCUT2D eigenvalue weighted by Crippen LogP contribution is -2.42. The largest absolute Gasteiger partial charge is 0.396 e. The van der Waals surface area contributed by atoms with E-state index in [9.17, 15) is 5.11 Å². The van der Waals surface area contributed by atoms with Crippen LogP contribution < -0.4 is 4.90 Å². The number of aryl methyl sites for hydroxylation is 2. The molecule has 2 aliphatic rings. The molecular formula is C21H32N4O2S. The number of morpholine rings is 1. The van der Waals surface area contributed by atoms with Gasteiger partial charge in [-0.3, -0.25) is 4.90 Å². The third-order valence-corrected chi connectivity index (χ3v) is 7.50. The van der Waals surface area contributed by atoms with Crippen LogP contribution in [0, 0.1) is 13.8 Å². The van der Waals surface area contributed by atoms with Gasteiger partial charge in [0.05, 0.1) is 25.1 Å². The normalized spacial score (nSPS) is 23.8. The minimum atomic E-state index is 0.0581. The molecule has 0 unspecified atom stereocenters. The summed E-state index contributed by atoms with van der Waals surface area (Å²) in [6.45, 7) is 12.2. The number of anilines is 1. The molecule has 0 bridgehead atoms. The van der Waals surface area contributed by atoms with Crippen molar-refractivity contribution in [1.29, 1.82) is 0 Å². The van der Waals surface area contributed by atoms with Gasteiger partial charge in [-0.15, -0.1) is 11.3 Å². The summed E-state index contributed by atoms with van der Waals surface area (Å²) >= 11 is 1.78. The maximum atomic E-state index is 9.39. The van der Waals surface area contributed by atoms with E-state index in [2.05, 4.69) is 30.6 Å². The minimum Gasteiger partial charge on any atom is -0.396 e. The summed E-state index contributed by atoms with van der Waals surface area (Å²) in [5.74, 6) is 2.02. The predicted octanol–water partition coefficient (Wildman–Crippen LogP) is 3.27. The van der Waals surface area contributed by atoms with Gasteiger partial charge in [-0.05, 0) is 52.0 Å². The molecule has 0 aromatic carbocycles. The number of thiophene rings is 1. The first kappa shape index (κ1) is 20.0. The summed E-state index contributed by atoms with van der Waals surface area (Å²) in [5, 5.41) is 10.6. The van der Waals surface area contributed by atoms with Gasteiger partial charge in [-0.1, -0.05) is 0 Å². The van der Waals surface area contributed by atoms with Crippen molar-refractivity contribution in [3.8, 4) is 0 Å². The second-order valence-electron chi connectivity index (χ2n) is 8.39. The zero-order valence-electron chi connectivity index (χ0n) is 17.3. The van der Waals surface area contributed by atoms with E-state index in [1.807, 2.05) is 0 Å². The first-order valence-electron chi connectivity index (χ1n) is 10.5. The van der Waals surface area contributed by atoms with E-state index < -0.39 is 0 Å². The minimum absolute atomic E-state index is 0.0581. The van der Waals surface area contributed by atoms with E-state index in [1.165, 1.54) is 22.2 Å². The number of hydrogen-bond donors (Lipinski definition) is 1. The molecule has 28 heavy (non-hydrogen) atoms. The van der Waals surface area contributed by atoms with Gasteiger partial charge in [-0.2, -0.15) is 0 Å². The van der Waals surface area contributed by atoms with Crippen molar-refractivity contribution in [2.45, 2.75) is 58.5 Å². The number of ether oxygens (including phenoxy) is 1. The highest BCUT2D eigenvalue weighted by Crippen LogP contribution is 2.42. The second-order valence-corrected chi connectivity index (χ2v) is 9.60. The molecule has 2 fully saturated rings. The quantitative estimate of drug-likeness (QED) is 0.797. The first-order valence-corrected chi connectivity index (χ1v) is 11.3. The Kier molecular flexibility index (Phi) is 5.88. The number of aromatic nitrogens is 2. The average molecular weight is 405 g/mol. The molecule has 2 aliphatic heterocycles. The Bertz CT molecular complexity index is 833. The van der Waals surface area contributed by atoms with E-state index in [1.54, 1.807) is 11.3 Å². The SMILES string of the molecule is Cc1sc2nc(CN3CCOCC3)nc(N3CCC[C@@]3(C)CCCO)c2c1C. The second kappa shape index (κ2) is 8.22. The summed E-state index contributed by atoms with van der Waals surface area (Å²) in [6.07, 6.45) is 4.16. The Morgan fingerprint density at radius 1 is 1.18 bits per heavy atom. The van der Waals surface area contributed by atoms with Crippen LogP contribution in [0.4, 0.5) is 5.82 Å². The zero-order valence-corrected chi connectivity index (χ0v) is 18.1. The fraction of sp³-hybridized carbons (Fsp3) is 0.714. The van der Waals surface area contributed by atoms with Crippen LogP contribution in [0.1, 0.15) is 48.9 Å². The van der Waals surface area contributed by atoms with Crippen molar-refractivity contribution in [2.24, 2.45) is 0 Å². The number of rotatable bonds is 6. The predicted molar refractivity (Wildman–Crippen MR) is 114 cm³/mol. The van der Waals surface area contributed by atoms with Gasteiger partial charge in [0.2, 0.25) is 0 Å². The van der Waals surface area contributed by atoms with Crippen molar-refractivity contribution in [1.82, 2.24) is 14.9 Å². The van der Waals surface area contributed by atoms with E-state index in [0.717, 1.165) is 75.1 Å². The van der Waals surface area contributed by atoms with Crippen LogP contribution in [0.15, 0.2) is 0 Å². The molecule has 1 N–H and O–H groups in total. The van der Waals surface area contributed by atoms with Crippen molar-refractivity contribution >= 4 is 27.4 Å². The van der Waals surface area contributed by atoms with Crippen LogP contribution in [0.3, 0.4) is 0 Å². The molecule has 7 heteroatoms. The fourth-order valence-corrected chi connectivity index (χ4v) is 5.64. The lowest BCUT2D eigenvalue weighted by molar-refractivity contribution is 0.0331.